The molecule has 21 heavy (non-hydrogen) atoms. The van der Waals surface area contributed by atoms with Gasteiger partial charge in [-0.05, 0) is 36.4 Å². The zero-order chi connectivity index (χ0) is 15.5. The largest absolute Gasteiger partial charge is 0.584 e. The summed E-state index contributed by atoms with van der Waals surface area (Å²) in [7, 11) is -4.47. The minimum atomic E-state index is -4.48. The molecule has 0 radical (unpaired) electrons. The summed E-state index contributed by atoms with van der Waals surface area (Å²) in [5.41, 5.74) is -0.883. The third-order valence-corrected chi connectivity index (χ3v) is 3.25. The first-order valence-electron chi connectivity index (χ1n) is 5.70. The third kappa shape index (κ3) is 4.51. The Morgan fingerprint density at radius 3 is 1.81 bits per heavy atom. The Morgan fingerprint density at radius 1 is 0.857 bits per heavy atom. The molecule has 0 bridgehead atoms. The van der Waals surface area contributed by atoms with Crippen LogP contribution in [0.4, 0.5) is 13.2 Å². The standard InChI is InChI=1S/C13H10F3O4P/c14-13(15,16)10-6-8-12(9-7-10)20-21(17,18)19-11-4-2-1-3-5-11/h1-9H,(H,17,18). The molecule has 0 aliphatic heterocycles. The van der Waals surface area contributed by atoms with Gasteiger partial charge in [-0.1, -0.05) is 18.2 Å². The molecule has 0 saturated carbocycles. The predicted molar refractivity (Wildman–Crippen MR) is 69.0 cm³/mol. The molecule has 0 saturated heterocycles. The fourth-order valence-corrected chi connectivity index (χ4v) is 2.28. The Hall–Kier alpha value is -1.98. The number of para-hydroxylation sites is 1. The maximum Gasteiger partial charge on any atom is 0.584 e. The van der Waals surface area contributed by atoms with Crippen molar-refractivity contribution in [2.45, 2.75) is 6.18 Å². The average molecular weight is 318 g/mol. The summed E-state index contributed by atoms with van der Waals surface area (Å²) in [6.45, 7) is 0. The molecule has 4 nitrogen and oxygen atoms in total. The second-order valence-corrected chi connectivity index (χ2v) is 5.29. The summed E-state index contributed by atoms with van der Waals surface area (Å²) >= 11 is 0. The van der Waals surface area contributed by atoms with Crippen molar-refractivity contribution in [3.8, 4) is 11.5 Å². The van der Waals surface area contributed by atoms with Crippen molar-refractivity contribution in [3.63, 3.8) is 0 Å². The quantitative estimate of drug-likeness (QED) is 0.856. The number of alkyl halides is 3. The molecule has 0 spiro atoms. The number of hydrogen-bond donors (Lipinski definition) is 1. The van der Waals surface area contributed by atoms with Crippen molar-refractivity contribution in [1.29, 1.82) is 0 Å². The van der Waals surface area contributed by atoms with E-state index in [-0.39, 0.29) is 11.5 Å². The minimum Gasteiger partial charge on any atom is -0.395 e. The van der Waals surface area contributed by atoms with Gasteiger partial charge in [0.05, 0.1) is 5.56 Å². The number of benzene rings is 2. The highest BCUT2D eigenvalue weighted by atomic mass is 31.2. The Labute approximate surface area is 118 Å². The Kier molecular flexibility index (Phi) is 4.25. The minimum absolute atomic E-state index is 0.107. The van der Waals surface area contributed by atoms with Gasteiger partial charge in [0.1, 0.15) is 11.5 Å². The molecule has 0 aliphatic rings. The van der Waals surface area contributed by atoms with E-state index in [4.69, 9.17) is 9.05 Å². The normalized spacial score (nSPS) is 14.3. The lowest BCUT2D eigenvalue weighted by molar-refractivity contribution is -0.137. The number of hydrogen-bond acceptors (Lipinski definition) is 3. The highest BCUT2D eigenvalue weighted by Crippen LogP contribution is 2.44. The summed E-state index contributed by atoms with van der Waals surface area (Å²) in [6, 6.07) is 11.1. The number of phosphoric ester groups is 1. The highest BCUT2D eigenvalue weighted by molar-refractivity contribution is 7.48. The van der Waals surface area contributed by atoms with Gasteiger partial charge in [-0.2, -0.15) is 13.2 Å². The summed E-state index contributed by atoms with van der Waals surface area (Å²) in [6.07, 6.45) is -4.48. The van der Waals surface area contributed by atoms with E-state index in [1.807, 2.05) is 0 Å². The molecule has 0 aliphatic carbocycles. The Balaban J connectivity index is 2.08. The summed E-state index contributed by atoms with van der Waals surface area (Å²) in [5.74, 6) is -0.0972. The van der Waals surface area contributed by atoms with E-state index in [1.54, 1.807) is 18.2 Å². The molecule has 0 heterocycles. The van der Waals surface area contributed by atoms with Crippen molar-refractivity contribution in [1.82, 2.24) is 0 Å². The van der Waals surface area contributed by atoms with E-state index in [0.717, 1.165) is 24.3 Å². The van der Waals surface area contributed by atoms with Gasteiger partial charge < -0.3 is 9.05 Å². The molecule has 2 aromatic rings. The van der Waals surface area contributed by atoms with E-state index < -0.39 is 19.6 Å². The van der Waals surface area contributed by atoms with Gasteiger partial charge in [-0.3, -0.25) is 4.89 Å². The van der Waals surface area contributed by atoms with Crippen LogP contribution in [0.5, 0.6) is 11.5 Å². The van der Waals surface area contributed by atoms with Crippen LogP contribution >= 0.6 is 7.82 Å². The fraction of sp³-hybridized carbons (Fsp3) is 0.0769. The lowest BCUT2D eigenvalue weighted by Gasteiger charge is -2.14. The van der Waals surface area contributed by atoms with Crippen LogP contribution in [0.2, 0.25) is 0 Å². The van der Waals surface area contributed by atoms with Crippen molar-refractivity contribution in [2.24, 2.45) is 0 Å². The van der Waals surface area contributed by atoms with Gasteiger partial charge in [-0.25, -0.2) is 4.57 Å². The van der Waals surface area contributed by atoms with Crippen molar-refractivity contribution < 1.29 is 31.7 Å². The van der Waals surface area contributed by atoms with Crippen LogP contribution in [-0.4, -0.2) is 4.89 Å². The van der Waals surface area contributed by atoms with Crippen molar-refractivity contribution >= 4 is 7.82 Å². The van der Waals surface area contributed by atoms with E-state index in [9.17, 15) is 22.6 Å². The molecule has 2 aromatic carbocycles. The zero-order valence-electron chi connectivity index (χ0n) is 10.4. The maximum atomic E-state index is 12.4. The van der Waals surface area contributed by atoms with E-state index >= 15 is 0 Å². The lowest BCUT2D eigenvalue weighted by atomic mass is 10.2. The molecule has 0 amide bonds. The Bertz CT molecular complexity index is 641. The average Bonchev–Trinajstić information content (AvgIpc) is 2.38. The number of halogens is 3. The van der Waals surface area contributed by atoms with Crippen LogP contribution in [0.3, 0.4) is 0 Å². The van der Waals surface area contributed by atoms with Crippen molar-refractivity contribution in [2.75, 3.05) is 0 Å². The predicted octanol–water partition coefficient (Wildman–Crippen LogP) is 4.26. The molecule has 2 rings (SSSR count). The fourth-order valence-electron chi connectivity index (χ4n) is 1.47. The first kappa shape index (κ1) is 15.4. The van der Waals surface area contributed by atoms with Crippen LogP contribution in [-0.2, 0) is 10.7 Å². The topological polar surface area (TPSA) is 55.8 Å². The molecule has 0 aromatic heterocycles. The van der Waals surface area contributed by atoms with Gasteiger partial charge in [0.15, 0.2) is 0 Å². The lowest BCUT2D eigenvalue weighted by Crippen LogP contribution is -2.04. The first-order valence-corrected chi connectivity index (χ1v) is 7.20. The van der Waals surface area contributed by atoms with Crippen LogP contribution in [0, 0.1) is 0 Å². The SMILES string of the molecule is O=P(O)(Oc1ccccc1)Oc1ccc(C(F)(F)F)cc1. The van der Waals surface area contributed by atoms with Gasteiger partial charge in [0.25, 0.3) is 0 Å². The maximum absolute atomic E-state index is 12.4. The summed E-state index contributed by atoms with van der Waals surface area (Å²) in [5, 5.41) is 0. The third-order valence-electron chi connectivity index (χ3n) is 2.37. The van der Waals surface area contributed by atoms with Crippen LogP contribution in [0.15, 0.2) is 54.6 Å². The van der Waals surface area contributed by atoms with E-state index in [1.165, 1.54) is 12.1 Å². The second kappa shape index (κ2) is 5.79. The molecule has 8 heteroatoms. The molecular weight excluding hydrogens is 308 g/mol. The molecule has 1 atom stereocenters. The van der Waals surface area contributed by atoms with Gasteiger partial charge in [-0.15, -0.1) is 0 Å². The van der Waals surface area contributed by atoms with Crippen molar-refractivity contribution in [3.05, 3.63) is 60.2 Å². The monoisotopic (exact) mass is 318 g/mol. The number of phosphoric acid groups is 1. The number of rotatable bonds is 4. The first-order chi connectivity index (χ1) is 9.76. The van der Waals surface area contributed by atoms with E-state index in [0.29, 0.717) is 0 Å². The molecule has 0 fully saturated rings. The summed E-state index contributed by atoms with van der Waals surface area (Å²) in [4.78, 5) is 9.54. The Morgan fingerprint density at radius 2 is 1.33 bits per heavy atom. The summed E-state index contributed by atoms with van der Waals surface area (Å²) < 4.78 is 58.3. The molecule has 1 unspecified atom stereocenters. The van der Waals surface area contributed by atoms with Gasteiger partial charge in [0, 0.05) is 0 Å². The van der Waals surface area contributed by atoms with Gasteiger partial charge in [0.2, 0.25) is 0 Å². The zero-order valence-corrected chi connectivity index (χ0v) is 11.3. The molecular formula is C13H10F3O4P. The van der Waals surface area contributed by atoms with Crippen LogP contribution < -0.4 is 9.05 Å². The van der Waals surface area contributed by atoms with E-state index in [2.05, 4.69) is 0 Å². The van der Waals surface area contributed by atoms with Crippen LogP contribution in [0.1, 0.15) is 5.56 Å². The van der Waals surface area contributed by atoms with Crippen LogP contribution in [0.25, 0.3) is 0 Å². The second-order valence-electron chi connectivity index (χ2n) is 3.99. The smallest absolute Gasteiger partial charge is 0.395 e. The molecule has 112 valence electrons. The highest BCUT2D eigenvalue weighted by Gasteiger charge is 2.31. The van der Waals surface area contributed by atoms with Gasteiger partial charge >= 0.3 is 14.0 Å². The molecule has 1 N–H and O–H groups in total.